The molecule has 0 fully saturated rings. The first-order chi connectivity index (χ1) is 8.19. The van der Waals surface area contributed by atoms with Gasteiger partial charge in [0.25, 0.3) is 0 Å². The lowest BCUT2D eigenvalue weighted by atomic mass is 10.2. The van der Waals surface area contributed by atoms with E-state index >= 15 is 0 Å². The van der Waals surface area contributed by atoms with E-state index in [-0.39, 0.29) is 0 Å². The van der Waals surface area contributed by atoms with Crippen LogP contribution in [0.4, 0.5) is 0 Å². The van der Waals surface area contributed by atoms with Crippen LogP contribution in [0.1, 0.15) is 22.8 Å². The Morgan fingerprint density at radius 1 is 1.29 bits per heavy atom. The Kier molecular flexibility index (Phi) is 3.66. The maximum absolute atomic E-state index is 5.64. The molecule has 0 aliphatic rings. The van der Waals surface area contributed by atoms with Crippen LogP contribution < -0.4 is 5.73 Å². The molecule has 92 valence electrons. The Hall–Kier alpha value is -1.52. The number of nitrogens with zero attached hydrogens (tertiary/aromatic N) is 1. The zero-order valence-electron chi connectivity index (χ0n) is 10.3. The van der Waals surface area contributed by atoms with E-state index in [9.17, 15) is 0 Å². The molecule has 2 aromatic rings. The van der Waals surface area contributed by atoms with Crippen LogP contribution in [-0.2, 0) is 19.6 Å². The van der Waals surface area contributed by atoms with Gasteiger partial charge in [-0.1, -0.05) is 0 Å². The normalized spacial score (nSPS) is 11.3. The van der Waals surface area contributed by atoms with Crippen LogP contribution in [0.3, 0.4) is 0 Å². The van der Waals surface area contributed by atoms with Crippen molar-refractivity contribution in [2.45, 2.75) is 26.6 Å². The van der Waals surface area contributed by atoms with Crippen molar-refractivity contribution in [1.29, 1.82) is 0 Å². The van der Waals surface area contributed by atoms with E-state index in [4.69, 9.17) is 14.6 Å². The maximum Gasteiger partial charge on any atom is 0.118 e. The fraction of sp³-hybridized carbons (Fsp3) is 0.385. The SMILES string of the molecule is Cc1oc(CN(C)Cc2ccco2)cc1CN. The first-order valence-electron chi connectivity index (χ1n) is 5.68. The van der Waals surface area contributed by atoms with Gasteiger partial charge in [-0.05, 0) is 32.2 Å². The monoisotopic (exact) mass is 234 g/mol. The summed E-state index contributed by atoms with van der Waals surface area (Å²) in [5, 5.41) is 0. The lowest BCUT2D eigenvalue weighted by molar-refractivity contribution is 0.263. The number of hydrogen-bond acceptors (Lipinski definition) is 4. The molecule has 0 amide bonds. The molecule has 0 saturated heterocycles. The molecule has 2 heterocycles. The van der Waals surface area contributed by atoms with Gasteiger partial charge >= 0.3 is 0 Å². The highest BCUT2D eigenvalue weighted by molar-refractivity contribution is 5.20. The minimum absolute atomic E-state index is 0.525. The highest BCUT2D eigenvalue weighted by Gasteiger charge is 2.09. The molecule has 0 saturated carbocycles. The molecule has 0 bridgehead atoms. The van der Waals surface area contributed by atoms with Crippen molar-refractivity contribution in [3.8, 4) is 0 Å². The third kappa shape index (κ3) is 2.99. The van der Waals surface area contributed by atoms with Crippen LogP contribution in [0.15, 0.2) is 33.3 Å². The van der Waals surface area contributed by atoms with Crippen molar-refractivity contribution in [3.63, 3.8) is 0 Å². The van der Waals surface area contributed by atoms with Crippen LogP contribution >= 0.6 is 0 Å². The van der Waals surface area contributed by atoms with Crippen LogP contribution in [0.2, 0.25) is 0 Å². The summed E-state index contributed by atoms with van der Waals surface area (Å²) in [4.78, 5) is 2.14. The molecule has 0 aromatic carbocycles. The topological polar surface area (TPSA) is 55.5 Å². The smallest absolute Gasteiger partial charge is 0.118 e. The molecule has 4 heteroatoms. The van der Waals surface area contributed by atoms with E-state index in [1.165, 1.54) is 0 Å². The first kappa shape index (κ1) is 12.0. The molecule has 0 aliphatic heterocycles. The zero-order valence-corrected chi connectivity index (χ0v) is 10.3. The molecule has 2 N–H and O–H groups in total. The second-order valence-corrected chi connectivity index (χ2v) is 4.25. The lowest BCUT2D eigenvalue weighted by Crippen LogP contribution is -2.16. The summed E-state index contributed by atoms with van der Waals surface area (Å²) in [6.45, 7) is 3.99. The fourth-order valence-electron chi connectivity index (χ4n) is 1.86. The van der Waals surface area contributed by atoms with Gasteiger partial charge in [0.1, 0.15) is 17.3 Å². The first-order valence-corrected chi connectivity index (χ1v) is 5.68. The standard InChI is InChI=1S/C13H18N2O2/c1-10-11(7-14)6-13(17-10)9-15(2)8-12-4-3-5-16-12/h3-6H,7-9,14H2,1-2H3. The van der Waals surface area contributed by atoms with Gasteiger partial charge in [0.15, 0.2) is 0 Å². The van der Waals surface area contributed by atoms with Crippen molar-refractivity contribution in [2.24, 2.45) is 5.73 Å². The Morgan fingerprint density at radius 2 is 2.06 bits per heavy atom. The van der Waals surface area contributed by atoms with Crippen molar-refractivity contribution < 1.29 is 8.83 Å². The molecule has 2 aromatic heterocycles. The van der Waals surface area contributed by atoms with Gasteiger partial charge < -0.3 is 14.6 Å². The molecule has 0 radical (unpaired) electrons. The zero-order chi connectivity index (χ0) is 12.3. The van der Waals surface area contributed by atoms with E-state index in [1.807, 2.05) is 32.2 Å². The minimum Gasteiger partial charge on any atom is -0.468 e. The number of nitrogens with two attached hydrogens (primary N) is 1. The fourth-order valence-corrected chi connectivity index (χ4v) is 1.86. The number of rotatable bonds is 5. The second-order valence-electron chi connectivity index (χ2n) is 4.25. The van der Waals surface area contributed by atoms with Crippen molar-refractivity contribution in [3.05, 3.63) is 47.3 Å². The van der Waals surface area contributed by atoms with Gasteiger partial charge in [0.2, 0.25) is 0 Å². The van der Waals surface area contributed by atoms with Crippen LogP contribution in [0.5, 0.6) is 0 Å². The third-order valence-corrected chi connectivity index (χ3v) is 2.72. The van der Waals surface area contributed by atoms with Gasteiger partial charge in [-0.25, -0.2) is 0 Å². The Balaban J connectivity index is 1.95. The molecular formula is C13H18N2O2. The summed E-state index contributed by atoms with van der Waals surface area (Å²) in [6.07, 6.45) is 1.69. The maximum atomic E-state index is 5.64. The Labute approximate surface area is 101 Å². The van der Waals surface area contributed by atoms with Gasteiger partial charge in [0.05, 0.1) is 19.4 Å². The summed E-state index contributed by atoms with van der Waals surface area (Å²) in [5.74, 6) is 2.81. The van der Waals surface area contributed by atoms with E-state index < -0.39 is 0 Å². The van der Waals surface area contributed by atoms with Crippen molar-refractivity contribution in [2.75, 3.05) is 7.05 Å². The van der Waals surface area contributed by atoms with Crippen molar-refractivity contribution in [1.82, 2.24) is 4.90 Å². The summed E-state index contributed by atoms with van der Waals surface area (Å²) in [7, 11) is 2.03. The highest BCUT2D eigenvalue weighted by Crippen LogP contribution is 2.16. The van der Waals surface area contributed by atoms with Gasteiger partial charge in [0, 0.05) is 12.1 Å². The Morgan fingerprint density at radius 3 is 2.65 bits per heavy atom. The summed E-state index contributed by atoms with van der Waals surface area (Å²) in [6, 6.07) is 5.88. The van der Waals surface area contributed by atoms with Crippen LogP contribution in [0, 0.1) is 6.92 Å². The molecule has 0 atom stereocenters. The predicted octanol–water partition coefficient (Wildman–Crippen LogP) is 2.27. The number of furan rings is 2. The van der Waals surface area contributed by atoms with Gasteiger partial charge in [-0.3, -0.25) is 4.90 Å². The van der Waals surface area contributed by atoms with E-state index in [1.54, 1.807) is 6.26 Å². The van der Waals surface area contributed by atoms with Crippen molar-refractivity contribution >= 4 is 0 Å². The van der Waals surface area contributed by atoms with Crippen LogP contribution in [0.25, 0.3) is 0 Å². The lowest BCUT2D eigenvalue weighted by Gasteiger charge is -2.12. The molecule has 4 nitrogen and oxygen atoms in total. The quantitative estimate of drug-likeness (QED) is 0.862. The second kappa shape index (κ2) is 5.21. The third-order valence-electron chi connectivity index (χ3n) is 2.72. The Bertz CT molecular complexity index is 460. The van der Waals surface area contributed by atoms with E-state index in [0.29, 0.717) is 6.54 Å². The molecule has 0 aliphatic carbocycles. The average Bonchev–Trinajstić information content (AvgIpc) is 2.88. The van der Waals surface area contributed by atoms with E-state index in [0.717, 1.165) is 35.9 Å². The molecule has 17 heavy (non-hydrogen) atoms. The summed E-state index contributed by atoms with van der Waals surface area (Å²) in [5.41, 5.74) is 6.69. The summed E-state index contributed by atoms with van der Waals surface area (Å²) < 4.78 is 10.9. The number of aryl methyl sites for hydroxylation is 1. The minimum atomic E-state index is 0.525. The van der Waals surface area contributed by atoms with Gasteiger partial charge in [-0.15, -0.1) is 0 Å². The highest BCUT2D eigenvalue weighted by atomic mass is 16.3. The number of hydrogen-bond donors (Lipinski definition) is 1. The van der Waals surface area contributed by atoms with Gasteiger partial charge in [-0.2, -0.15) is 0 Å². The largest absolute Gasteiger partial charge is 0.468 e. The molecule has 2 rings (SSSR count). The molecule has 0 unspecified atom stereocenters. The van der Waals surface area contributed by atoms with Crippen LogP contribution in [-0.4, -0.2) is 11.9 Å². The average molecular weight is 234 g/mol. The predicted molar refractivity (Wildman–Crippen MR) is 65.2 cm³/mol. The summed E-state index contributed by atoms with van der Waals surface area (Å²) >= 11 is 0. The van der Waals surface area contributed by atoms with E-state index in [2.05, 4.69) is 4.90 Å². The molecule has 0 spiro atoms. The molecular weight excluding hydrogens is 216 g/mol.